The summed E-state index contributed by atoms with van der Waals surface area (Å²) in [5, 5.41) is 0. The van der Waals surface area contributed by atoms with Crippen molar-refractivity contribution in [1.82, 2.24) is 0 Å². The molecule has 0 radical (unpaired) electrons. The lowest BCUT2D eigenvalue weighted by atomic mass is 9.94. The van der Waals surface area contributed by atoms with E-state index in [0.717, 1.165) is 0 Å². The first-order valence-corrected chi connectivity index (χ1v) is 5.78. The third-order valence-corrected chi connectivity index (χ3v) is 2.57. The summed E-state index contributed by atoms with van der Waals surface area (Å²) in [6.45, 7) is 4.10. The van der Waals surface area contributed by atoms with Crippen LogP contribution in [0.15, 0.2) is 24.3 Å². The molecule has 0 saturated carbocycles. The van der Waals surface area contributed by atoms with Crippen LogP contribution in [-0.4, -0.2) is 12.8 Å². The van der Waals surface area contributed by atoms with Crippen LogP contribution < -0.4 is 4.74 Å². The van der Waals surface area contributed by atoms with Crippen LogP contribution in [0.1, 0.15) is 38.2 Å². The van der Waals surface area contributed by atoms with Gasteiger partial charge in [0.25, 0.3) is 0 Å². The molecular formula is C13H17F3O. The number of hydrogen-bond donors (Lipinski definition) is 0. The Bertz CT molecular complexity index is 330. The van der Waals surface area contributed by atoms with E-state index in [4.69, 9.17) is 4.74 Å². The van der Waals surface area contributed by atoms with E-state index in [0.29, 0.717) is 24.3 Å². The molecule has 0 aliphatic rings. The van der Waals surface area contributed by atoms with Gasteiger partial charge in [-0.1, -0.05) is 25.5 Å². The zero-order valence-corrected chi connectivity index (χ0v) is 10.1. The van der Waals surface area contributed by atoms with Crippen molar-refractivity contribution >= 4 is 0 Å². The second-order valence-electron chi connectivity index (χ2n) is 3.88. The van der Waals surface area contributed by atoms with Gasteiger partial charge in [0.05, 0.1) is 12.5 Å². The van der Waals surface area contributed by atoms with E-state index in [9.17, 15) is 13.2 Å². The minimum absolute atomic E-state index is 0.123. The maximum Gasteiger partial charge on any atom is 0.395 e. The van der Waals surface area contributed by atoms with E-state index in [1.165, 1.54) is 12.1 Å². The van der Waals surface area contributed by atoms with Crippen LogP contribution in [0.2, 0.25) is 0 Å². The molecular weight excluding hydrogens is 229 g/mol. The molecule has 1 aromatic carbocycles. The topological polar surface area (TPSA) is 9.23 Å². The van der Waals surface area contributed by atoms with Crippen molar-refractivity contribution < 1.29 is 17.9 Å². The van der Waals surface area contributed by atoms with E-state index in [-0.39, 0.29) is 6.42 Å². The molecule has 0 N–H and O–H groups in total. The number of alkyl halides is 3. The Kier molecular flexibility index (Phi) is 4.85. The van der Waals surface area contributed by atoms with Crippen LogP contribution >= 0.6 is 0 Å². The summed E-state index contributed by atoms with van der Waals surface area (Å²) < 4.78 is 43.6. The summed E-state index contributed by atoms with van der Waals surface area (Å²) >= 11 is 0. The quantitative estimate of drug-likeness (QED) is 0.741. The van der Waals surface area contributed by atoms with Crippen LogP contribution in [0, 0.1) is 0 Å². The van der Waals surface area contributed by atoms with Gasteiger partial charge in [-0.15, -0.1) is 0 Å². The molecule has 0 amide bonds. The maximum absolute atomic E-state index is 12.8. The monoisotopic (exact) mass is 246 g/mol. The van der Waals surface area contributed by atoms with Gasteiger partial charge >= 0.3 is 6.18 Å². The van der Waals surface area contributed by atoms with E-state index in [1.54, 1.807) is 19.1 Å². The third kappa shape index (κ3) is 3.95. The van der Waals surface area contributed by atoms with Gasteiger partial charge < -0.3 is 4.74 Å². The molecule has 1 unspecified atom stereocenters. The highest BCUT2D eigenvalue weighted by Gasteiger charge is 2.39. The predicted octanol–water partition coefficient (Wildman–Crippen LogP) is 4.53. The fourth-order valence-corrected chi connectivity index (χ4v) is 1.77. The zero-order valence-electron chi connectivity index (χ0n) is 10.1. The van der Waals surface area contributed by atoms with Crippen LogP contribution in [0.5, 0.6) is 5.75 Å². The molecule has 0 aliphatic heterocycles. The molecule has 4 heteroatoms. The third-order valence-electron chi connectivity index (χ3n) is 2.57. The first-order chi connectivity index (χ1) is 7.99. The number of benzene rings is 1. The first-order valence-electron chi connectivity index (χ1n) is 5.78. The van der Waals surface area contributed by atoms with Crippen molar-refractivity contribution in [2.24, 2.45) is 0 Å². The Labute approximate surface area is 99.6 Å². The molecule has 1 nitrogen and oxygen atoms in total. The second-order valence-corrected chi connectivity index (χ2v) is 3.88. The molecule has 0 bridgehead atoms. The molecule has 1 aromatic rings. The Morgan fingerprint density at radius 2 is 1.71 bits per heavy atom. The summed E-state index contributed by atoms with van der Waals surface area (Å²) in [5.41, 5.74) is 0.308. The summed E-state index contributed by atoms with van der Waals surface area (Å²) in [5.74, 6) is -0.767. The van der Waals surface area contributed by atoms with E-state index in [2.05, 4.69) is 0 Å². The number of halogens is 3. The van der Waals surface area contributed by atoms with Crippen molar-refractivity contribution in [3.63, 3.8) is 0 Å². The summed E-state index contributed by atoms with van der Waals surface area (Å²) in [4.78, 5) is 0. The highest BCUT2D eigenvalue weighted by Crippen LogP contribution is 2.38. The lowest BCUT2D eigenvalue weighted by Gasteiger charge is -2.20. The molecule has 0 aliphatic carbocycles. The van der Waals surface area contributed by atoms with Crippen LogP contribution in [0.3, 0.4) is 0 Å². The fraction of sp³-hybridized carbons (Fsp3) is 0.538. The van der Waals surface area contributed by atoms with Crippen LogP contribution in [-0.2, 0) is 0 Å². The Balaban J connectivity index is 2.87. The smallest absolute Gasteiger partial charge is 0.395 e. The van der Waals surface area contributed by atoms with Crippen molar-refractivity contribution in [3.8, 4) is 5.75 Å². The molecule has 17 heavy (non-hydrogen) atoms. The molecule has 0 fully saturated rings. The van der Waals surface area contributed by atoms with Crippen molar-refractivity contribution in [2.45, 2.75) is 38.8 Å². The van der Waals surface area contributed by atoms with Crippen molar-refractivity contribution in [3.05, 3.63) is 29.8 Å². The largest absolute Gasteiger partial charge is 0.494 e. The van der Waals surface area contributed by atoms with Crippen LogP contribution in [0.25, 0.3) is 0 Å². The number of rotatable bonds is 5. The van der Waals surface area contributed by atoms with E-state index < -0.39 is 12.1 Å². The molecule has 1 atom stereocenters. The Hall–Kier alpha value is -1.19. The zero-order chi connectivity index (χ0) is 12.9. The second kappa shape index (κ2) is 5.94. The van der Waals surface area contributed by atoms with Gasteiger partial charge in [-0.25, -0.2) is 0 Å². The molecule has 0 aromatic heterocycles. The van der Waals surface area contributed by atoms with Gasteiger partial charge in [0, 0.05) is 0 Å². The summed E-state index contributed by atoms with van der Waals surface area (Å²) in [6.07, 6.45) is -3.54. The van der Waals surface area contributed by atoms with Crippen molar-refractivity contribution in [1.29, 1.82) is 0 Å². The van der Waals surface area contributed by atoms with Gasteiger partial charge in [-0.2, -0.15) is 13.2 Å². The van der Waals surface area contributed by atoms with Crippen LogP contribution in [0.4, 0.5) is 13.2 Å². The number of hydrogen-bond acceptors (Lipinski definition) is 1. The van der Waals surface area contributed by atoms with Gasteiger partial charge in [0.2, 0.25) is 0 Å². The highest BCUT2D eigenvalue weighted by atomic mass is 19.4. The molecule has 96 valence electrons. The SMILES string of the molecule is CCCC(c1ccc(OCC)cc1)C(F)(F)F. The average Bonchev–Trinajstić information content (AvgIpc) is 2.26. The molecule has 0 spiro atoms. The molecule has 0 saturated heterocycles. The summed E-state index contributed by atoms with van der Waals surface area (Å²) in [7, 11) is 0. The first kappa shape index (κ1) is 13.9. The summed E-state index contributed by atoms with van der Waals surface area (Å²) in [6, 6.07) is 6.18. The predicted molar refractivity (Wildman–Crippen MR) is 61.3 cm³/mol. The maximum atomic E-state index is 12.8. The standard InChI is InChI=1S/C13H17F3O/c1-3-5-12(13(14,15)16)10-6-8-11(9-7-10)17-4-2/h6-9,12H,3-5H2,1-2H3. The fourth-order valence-electron chi connectivity index (χ4n) is 1.77. The van der Waals surface area contributed by atoms with Crippen molar-refractivity contribution in [2.75, 3.05) is 6.61 Å². The normalized spacial score (nSPS) is 13.5. The van der Waals surface area contributed by atoms with Gasteiger partial charge in [0.15, 0.2) is 0 Å². The van der Waals surface area contributed by atoms with Gasteiger partial charge in [0.1, 0.15) is 5.75 Å². The minimum Gasteiger partial charge on any atom is -0.494 e. The average molecular weight is 246 g/mol. The minimum atomic E-state index is -4.18. The van der Waals surface area contributed by atoms with E-state index >= 15 is 0 Å². The lowest BCUT2D eigenvalue weighted by Crippen LogP contribution is -2.20. The highest BCUT2D eigenvalue weighted by molar-refractivity contribution is 5.30. The molecule has 0 heterocycles. The van der Waals surface area contributed by atoms with E-state index in [1.807, 2.05) is 6.92 Å². The Morgan fingerprint density at radius 1 is 1.12 bits per heavy atom. The lowest BCUT2D eigenvalue weighted by molar-refractivity contribution is -0.152. The van der Waals surface area contributed by atoms with Gasteiger partial charge in [-0.3, -0.25) is 0 Å². The number of ether oxygens (including phenoxy) is 1. The Morgan fingerprint density at radius 3 is 2.12 bits per heavy atom. The molecule has 1 rings (SSSR count). The van der Waals surface area contributed by atoms with Gasteiger partial charge in [-0.05, 0) is 31.0 Å².